The normalized spacial score (nSPS) is 10.7. The number of rotatable bonds is 2. The molecule has 1 heterocycles. The predicted octanol–water partition coefficient (Wildman–Crippen LogP) is 3.87. The van der Waals surface area contributed by atoms with Gasteiger partial charge in [0.15, 0.2) is 0 Å². The fourth-order valence-corrected chi connectivity index (χ4v) is 2.98. The average Bonchev–Trinajstić information content (AvgIpc) is 2.81. The largest absolute Gasteiger partial charge is 0.399 e. The topological polar surface area (TPSA) is 55.1 Å². The van der Waals surface area contributed by atoms with Crippen LogP contribution in [-0.2, 0) is 0 Å². The maximum atomic E-state index is 13.2. The molecule has 2 aromatic carbocycles. The van der Waals surface area contributed by atoms with Gasteiger partial charge in [0, 0.05) is 26.8 Å². The highest BCUT2D eigenvalue weighted by atomic mass is 32.1. The number of amides is 1. The van der Waals surface area contributed by atoms with Crippen molar-refractivity contribution in [2.75, 3.05) is 11.1 Å². The Kier molecular flexibility index (Phi) is 3.12. The molecular formula is C15H11FN2OS. The first kappa shape index (κ1) is 12.6. The van der Waals surface area contributed by atoms with Crippen LogP contribution in [0.15, 0.2) is 47.8 Å². The van der Waals surface area contributed by atoms with Gasteiger partial charge in [-0.2, -0.15) is 0 Å². The molecule has 3 nitrogen and oxygen atoms in total. The Balaban J connectivity index is 1.93. The van der Waals surface area contributed by atoms with Crippen LogP contribution in [-0.4, -0.2) is 5.91 Å². The molecule has 0 unspecified atom stereocenters. The number of benzene rings is 2. The summed E-state index contributed by atoms with van der Waals surface area (Å²) in [5, 5.41) is 5.35. The molecule has 20 heavy (non-hydrogen) atoms. The van der Waals surface area contributed by atoms with Crippen LogP contribution in [0.25, 0.3) is 10.1 Å². The van der Waals surface area contributed by atoms with Gasteiger partial charge in [0.05, 0.1) is 5.56 Å². The van der Waals surface area contributed by atoms with Crippen LogP contribution in [0.4, 0.5) is 15.8 Å². The van der Waals surface area contributed by atoms with Gasteiger partial charge >= 0.3 is 0 Å². The van der Waals surface area contributed by atoms with Crippen molar-refractivity contribution in [1.29, 1.82) is 0 Å². The lowest BCUT2D eigenvalue weighted by Crippen LogP contribution is -2.11. The molecule has 0 saturated heterocycles. The van der Waals surface area contributed by atoms with E-state index < -0.39 is 5.82 Å². The number of nitrogens with one attached hydrogen (secondary N) is 1. The highest BCUT2D eigenvalue weighted by Crippen LogP contribution is 2.26. The number of halogens is 1. The summed E-state index contributed by atoms with van der Waals surface area (Å²) in [6.45, 7) is 0. The highest BCUT2D eigenvalue weighted by Gasteiger charge is 2.12. The molecule has 1 aromatic heterocycles. The van der Waals surface area contributed by atoms with Crippen LogP contribution in [0, 0.1) is 5.82 Å². The molecule has 0 aliphatic carbocycles. The average molecular weight is 286 g/mol. The third kappa shape index (κ3) is 2.35. The molecule has 0 aliphatic heterocycles. The van der Waals surface area contributed by atoms with Crippen molar-refractivity contribution in [2.24, 2.45) is 0 Å². The van der Waals surface area contributed by atoms with Gasteiger partial charge in [-0.1, -0.05) is 18.2 Å². The number of anilines is 2. The summed E-state index contributed by atoms with van der Waals surface area (Å²) >= 11 is 1.50. The third-order valence-electron chi connectivity index (χ3n) is 2.90. The Morgan fingerprint density at radius 2 is 2.00 bits per heavy atom. The maximum absolute atomic E-state index is 13.2. The summed E-state index contributed by atoms with van der Waals surface area (Å²) in [5.41, 5.74) is 6.76. The van der Waals surface area contributed by atoms with E-state index in [0.717, 1.165) is 10.1 Å². The van der Waals surface area contributed by atoms with Crippen molar-refractivity contribution in [3.05, 3.63) is 59.2 Å². The molecule has 100 valence electrons. The van der Waals surface area contributed by atoms with E-state index in [1.54, 1.807) is 5.38 Å². The molecule has 0 spiro atoms. The Bertz CT molecular complexity index is 777. The number of carbonyl (C=O) groups is 1. The zero-order valence-electron chi connectivity index (χ0n) is 10.4. The predicted molar refractivity (Wildman–Crippen MR) is 80.6 cm³/mol. The summed E-state index contributed by atoms with van der Waals surface area (Å²) in [7, 11) is 0. The van der Waals surface area contributed by atoms with E-state index in [1.807, 2.05) is 24.3 Å². The molecule has 1 amide bonds. The zero-order valence-corrected chi connectivity index (χ0v) is 11.2. The van der Waals surface area contributed by atoms with E-state index in [4.69, 9.17) is 5.73 Å². The second kappa shape index (κ2) is 4.94. The molecular weight excluding hydrogens is 275 g/mol. The van der Waals surface area contributed by atoms with Gasteiger partial charge in [0.2, 0.25) is 0 Å². The van der Waals surface area contributed by atoms with Crippen LogP contribution < -0.4 is 11.1 Å². The van der Waals surface area contributed by atoms with Gasteiger partial charge in [-0.3, -0.25) is 4.79 Å². The number of fused-ring (bicyclic) bond motifs is 1. The molecule has 5 heteroatoms. The number of hydrogen-bond acceptors (Lipinski definition) is 3. The minimum Gasteiger partial charge on any atom is -0.399 e. The zero-order chi connectivity index (χ0) is 14.1. The van der Waals surface area contributed by atoms with Crippen molar-refractivity contribution in [3.8, 4) is 0 Å². The summed E-state index contributed by atoms with van der Waals surface area (Å²) in [4.78, 5) is 12.2. The SMILES string of the molecule is Nc1cc(F)cc(NC(=O)c2csc3ccccc23)c1. The lowest BCUT2D eigenvalue weighted by Gasteiger charge is -2.06. The van der Waals surface area contributed by atoms with Crippen LogP contribution in [0.3, 0.4) is 0 Å². The van der Waals surface area contributed by atoms with Gasteiger partial charge in [-0.15, -0.1) is 11.3 Å². The highest BCUT2D eigenvalue weighted by molar-refractivity contribution is 7.17. The minimum absolute atomic E-state index is 0.271. The van der Waals surface area contributed by atoms with Crippen molar-refractivity contribution >= 4 is 38.7 Å². The summed E-state index contributed by atoms with van der Waals surface area (Å²) < 4.78 is 14.3. The molecule has 0 radical (unpaired) electrons. The third-order valence-corrected chi connectivity index (χ3v) is 3.87. The molecule has 3 N–H and O–H groups in total. The van der Waals surface area contributed by atoms with E-state index in [0.29, 0.717) is 11.3 Å². The Hall–Kier alpha value is -2.40. The van der Waals surface area contributed by atoms with Crippen molar-refractivity contribution in [1.82, 2.24) is 0 Å². The Morgan fingerprint density at radius 3 is 2.80 bits per heavy atom. The van der Waals surface area contributed by atoms with E-state index in [1.165, 1.54) is 29.5 Å². The second-order valence-electron chi connectivity index (χ2n) is 4.37. The smallest absolute Gasteiger partial charge is 0.257 e. The van der Waals surface area contributed by atoms with Gasteiger partial charge in [0.25, 0.3) is 5.91 Å². The summed E-state index contributed by atoms with van der Waals surface area (Å²) in [5.74, 6) is -0.747. The molecule has 0 fully saturated rings. The van der Waals surface area contributed by atoms with Gasteiger partial charge in [-0.25, -0.2) is 4.39 Å². The molecule has 3 rings (SSSR count). The lowest BCUT2D eigenvalue weighted by molar-refractivity contribution is 0.102. The second-order valence-corrected chi connectivity index (χ2v) is 5.28. The molecule has 0 aliphatic rings. The summed E-state index contributed by atoms with van der Waals surface area (Å²) in [6, 6.07) is 11.6. The minimum atomic E-state index is -0.476. The first-order valence-electron chi connectivity index (χ1n) is 5.97. The van der Waals surface area contributed by atoms with Crippen LogP contribution in [0.5, 0.6) is 0 Å². The Morgan fingerprint density at radius 1 is 1.20 bits per heavy atom. The molecule has 0 bridgehead atoms. The fraction of sp³-hybridized carbons (Fsp3) is 0. The van der Waals surface area contributed by atoms with Crippen molar-refractivity contribution < 1.29 is 9.18 Å². The van der Waals surface area contributed by atoms with Gasteiger partial charge in [0.1, 0.15) is 5.82 Å². The number of hydrogen-bond donors (Lipinski definition) is 2. The quantitative estimate of drug-likeness (QED) is 0.702. The van der Waals surface area contributed by atoms with Crippen molar-refractivity contribution in [2.45, 2.75) is 0 Å². The van der Waals surface area contributed by atoms with Crippen LogP contribution >= 0.6 is 11.3 Å². The van der Waals surface area contributed by atoms with Gasteiger partial charge in [-0.05, 0) is 24.3 Å². The number of thiophene rings is 1. The monoisotopic (exact) mass is 286 g/mol. The van der Waals surface area contributed by atoms with Gasteiger partial charge < -0.3 is 11.1 Å². The van der Waals surface area contributed by atoms with Crippen LogP contribution in [0.2, 0.25) is 0 Å². The number of carbonyl (C=O) groups excluding carboxylic acids is 1. The lowest BCUT2D eigenvalue weighted by atomic mass is 10.1. The standard InChI is InChI=1S/C15H11FN2OS/c16-9-5-10(17)7-11(6-9)18-15(19)13-8-20-14-4-2-1-3-12(13)14/h1-8H,17H2,(H,18,19). The summed E-state index contributed by atoms with van der Waals surface area (Å²) in [6.07, 6.45) is 0. The molecule has 3 aromatic rings. The van der Waals surface area contributed by atoms with E-state index in [2.05, 4.69) is 5.32 Å². The number of nitrogen functional groups attached to an aromatic ring is 1. The first-order chi connectivity index (χ1) is 9.63. The first-order valence-corrected chi connectivity index (χ1v) is 6.85. The fourth-order valence-electron chi connectivity index (χ4n) is 2.04. The van der Waals surface area contributed by atoms with E-state index >= 15 is 0 Å². The molecule has 0 saturated carbocycles. The molecule has 0 atom stereocenters. The van der Waals surface area contributed by atoms with E-state index in [-0.39, 0.29) is 11.6 Å². The number of nitrogens with two attached hydrogens (primary N) is 1. The van der Waals surface area contributed by atoms with E-state index in [9.17, 15) is 9.18 Å². The Labute approximate surface area is 118 Å². The maximum Gasteiger partial charge on any atom is 0.257 e. The van der Waals surface area contributed by atoms with Crippen molar-refractivity contribution in [3.63, 3.8) is 0 Å². The van der Waals surface area contributed by atoms with Crippen LogP contribution in [0.1, 0.15) is 10.4 Å².